The molecule has 1 aromatic carbocycles. The highest BCUT2D eigenvalue weighted by Crippen LogP contribution is 2.29. The molecule has 2 aliphatic rings. The van der Waals surface area contributed by atoms with Crippen molar-refractivity contribution in [2.45, 2.75) is 30.2 Å². The summed E-state index contributed by atoms with van der Waals surface area (Å²) in [6.45, 7) is 2.76. The Labute approximate surface area is 160 Å². The standard InChI is InChI=1S/C17H25FN2O4S.ClH/c1-19-10-14-3-2-7-20(14)25(21,22)15-4-5-17(16(18)9-15)24-12-13-6-8-23-11-13;/h4-5,9,13-14,19H,2-3,6-8,10-12H2,1H3;1H. The van der Waals surface area contributed by atoms with Gasteiger partial charge in [-0.1, -0.05) is 0 Å². The minimum Gasteiger partial charge on any atom is -0.490 e. The van der Waals surface area contributed by atoms with Crippen LogP contribution in [0.15, 0.2) is 23.1 Å². The number of rotatable bonds is 7. The van der Waals surface area contributed by atoms with Crippen molar-refractivity contribution >= 4 is 22.4 Å². The van der Waals surface area contributed by atoms with E-state index in [1.807, 2.05) is 0 Å². The Morgan fingerprint density at radius 1 is 1.38 bits per heavy atom. The molecule has 0 aromatic heterocycles. The van der Waals surface area contributed by atoms with E-state index in [0.29, 0.717) is 32.9 Å². The lowest BCUT2D eigenvalue weighted by Crippen LogP contribution is -2.40. The van der Waals surface area contributed by atoms with E-state index in [0.717, 1.165) is 25.3 Å². The van der Waals surface area contributed by atoms with E-state index in [-0.39, 0.29) is 35.0 Å². The number of ether oxygens (including phenoxy) is 2. The normalized spacial score (nSPS) is 23.8. The lowest BCUT2D eigenvalue weighted by molar-refractivity contribution is 0.165. The van der Waals surface area contributed by atoms with Gasteiger partial charge in [-0.25, -0.2) is 12.8 Å². The molecule has 148 valence electrons. The van der Waals surface area contributed by atoms with E-state index >= 15 is 0 Å². The Kier molecular flexibility index (Phi) is 7.66. The van der Waals surface area contributed by atoms with Crippen molar-refractivity contribution in [2.75, 3.05) is 40.0 Å². The van der Waals surface area contributed by atoms with Crippen molar-refractivity contribution in [3.63, 3.8) is 0 Å². The smallest absolute Gasteiger partial charge is 0.243 e. The Bertz CT molecular complexity index is 698. The van der Waals surface area contributed by atoms with Crippen molar-refractivity contribution in [1.82, 2.24) is 9.62 Å². The number of likely N-dealkylation sites (N-methyl/N-ethyl adjacent to an activating group) is 1. The molecule has 6 nitrogen and oxygen atoms in total. The highest BCUT2D eigenvalue weighted by Gasteiger charge is 2.35. The quantitative estimate of drug-likeness (QED) is 0.747. The van der Waals surface area contributed by atoms with E-state index in [2.05, 4.69) is 5.32 Å². The molecule has 1 N–H and O–H groups in total. The molecule has 0 saturated carbocycles. The van der Waals surface area contributed by atoms with E-state index in [1.165, 1.54) is 16.4 Å². The summed E-state index contributed by atoms with van der Waals surface area (Å²) in [7, 11) is -1.91. The number of hydrogen-bond donors (Lipinski definition) is 1. The van der Waals surface area contributed by atoms with E-state index < -0.39 is 15.8 Å². The van der Waals surface area contributed by atoms with E-state index in [1.54, 1.807) is 7.05 Å². The van der Waals surface area contributed by atoms with Gasteiger partial charge in [0.25, 0.3) is 0 Å². The van der Waals surface area contributed by atoms with Gasteiger partial charge in [0.15, 0.2) is 11.6 Å². The van der Waals surface area contributed by atoms with Gasteiger partial charge in [0, 0.05) is 31.7 Å². The fourth-order valence-corrected chi connectivity index (χ4v) is 5.09. The maximum Gasteiger partial charge on any atom is 0.243 e. The van der Waals surface area contributed by atoms with Gasteiger partial charge in [0.1, 0.15) is 0 Å². The molecule has 2 unspecified atom stereocenters. The largest absolute Gasteiger partial charge is 0.490 e. The van der Waals surface area contributed by atoms with Crippen molar-refractivity contribution in [3.8, 4) is 5.75 Å². The van der Waals surface area contributed by atoms with Crippen LogP contribution in [0.4, 0.5) is 4.39 Å². The summed E-state index contributed by atoms with van der Waals surface area (Å²) in [4.78, 5) is -0.0236. The zero-order chi connectivity index (χ0) is 17.9. The number of sulfonamides is 1. The second kappa shape index (κ2) is 9.32. The molecule has 2 heterocycles. The van der Waals surface area contributed by atoms with Crippen LogP contribution < -0.4 is 10.1 Å². The number of hydrogen-bond acceptors (Lipinski definition) is 5. The van der Waals surface area contributed by atoms with Crippen LogP contribution in [0, 0.1) is 11.7 Å². The predicted molar refractivity (Wildman–Crippen MR) is 98.9 cm³/mol. The summed E-state index contributed by atoms with van der Waals surface area (Å²) in [6, 6.07) is 3.80. The zero-order valence-corrected chi connectivity index (χ0v) is 16.5. The molecule has 2 atom stereocenters. The highest BCUT2D eigenvalue weighted by atomic mass is 35.5. The molecule has 2 fully saturated rings. The first kappa shape index (κ1) is 21.4. The van der Waals surface area contributed by atoms with Crippen LogP contribution in [0.2, 0.25) is 0 Å². The van der Waals surface area contributed by atoms with Crippen LogP contribution >= 0.6 is 12.4 Å². The van der Waals surface area contributed by atoms with Gasteiger partial charge in [0.2, 0.25) is 10.0 Å². The topological polar surface area (TPSA) is 67.9 Å². The molecule has 3 rings (SSSR count). The Morgan fingerprint density at radius 2 is 2.19 bits per heavy atom. The van der Waals surface area contributed by atoms with Crippen LogP contribution in [-0.4, -0.2) is 58.7 Å². The third-order valence-corrected chi connectivity index (χ3v) is 6.72. The first-order valence-electron chi connectivity index (χ1n) is 8.69. The van der Waals surface area contributed by atoms with Gasteiger partial charge in [-0.05, 0) is 44.5 Å². The minimum absolute atomic E-state index is 0. The first-order valence-corrected chi connectivity index (χ1v) is 10.1. The van der Waals surface area contributed by atoms with Gasteiger partial charge >= 0.3 is 0 Å². The van der Waals surface area contributed by atoms with E-state index in [4.69, 9.17) is 9.47 Å². The van der Waals surface area contributed by atoms with Crippen LogP contribution in [0.3, 0.4) is 0 Å². The van der Waals surface area contributed by atoms with E-state index in [9.17, 15) is 12.8 Å². The van der Waals surface area contributed by atoms with Crippen LogP contribution in [0.25, 0.3) is 0 Å². The Hall–Kier alpha value is -0.930. The molecule has 26 heavy (non-hydrogen) atoms. The molecule has 0 aliphatic carbocycles. The highest BCUT2D eigenvalue weighted by molar-refractivity contribution is 7.89. The lowest BCUT2D eigenvalue weighted by atomic mass is 10.1. The van der Waals surface area contributed by atoms with Gasteiger partial charge in [0.05, 0.1) is 18.1 Å². The summed E-state index contributed by atoms with van der Waals surface area (Å²) in [5.41, 5.74) is 0. The number of nitrogens with one attached hydrogen (secondary N) is 1. The molecule has 2 aliphatic heterocycles. The molecule has 9 heteroatoms. The maximum absolute atomic E-state index is 14.3. The summed E-state index contributed by atoms with van der Waals surface area (Å²) >= 11 is 0. The van der Waals surface area contributed by atoms with Crippen LogP contribution in [0.1, 0.15) is 19.3 Å². The van der Waals surface area contributed by atoms with Gasteiger partial charge in [-0.3, -0.25) is 0 Å². The molecule has 0 bridgehead atoms. The van der Waals surface area contributed by atoms with Crippen molar-refractivity contribution < 1.29 is 22.3 Å². The summed E-state index contributed by atoms with van der Waals surface area (Å²) in [5.74, 6) is -0.307. The number of benzene rings is 1. The molecule has 2 saturated heterocycles. The fourth-order valence-electron chi connectivity index (χ4n) is 3.38. The molecule has 0 radical (unpaired) electrons. The van der Waals surface area contributed by atoms with Crippen molar-refractivity contribution in [1.29, 1.82) is 0 Å². The van der Waals surface area contributed by atoms with Crippen LogP contribution in [0.5, 0.6) is 5.75 Å². The SMILES string of the molecule is CNCC1CCCN1S(=O)(=O)c1ccc(OCC2CCOC2)c(F)c1.Cl. The zero-order valence-electron chi connectivity index (χ0n) is 14.8. The third-order valence-electron chi connectivity index (χ3n) is 4.77. The van der Waals surface area contributed by atoms with Crippen molar-refractivity contribution in [2.24, 2.45) is 5.92 Å². The Morgan fingerprint density at radius 3 is 2.85 bits per heavy atom. The summed E-state index contributed by atoms with van der Waals surface area (Å²) < 4.78 is 52.2. The maximum atomic E-state index is 14.3. The molecule has 0 amide bonds. The molecular weight excluding hydrogens is 383 g/mol. The average molecular weight is 409 g/mol. The monoisotopic (exact) mass is 408 g/mol. The van der Waals surface area contributed by atoms with Gasteiger partial charge in [-0.2, -0.15) is 4.31 Å². The minimum atomic E-state index is -3.70. The fraction of sp³-hybridized carbons (Fsp3) is 0.647. The lowest BCUT2D eigenvalue weighted by Gasteiger charge is -2.24. The third kappa shape index (κ3) is 4.67. The summed E-state index contributed by atoms with van der Waals surface area (Å²) in [5, 5.41) is 3.02. The van der Waals surface area contributed by atoms with Crippen LogP contribution in [-0.2, 0) is 14.8 Å². The molecular formula is C17H26ClFN2O4S. The predicted octanol–water partition coefficient (Wildman–Crippen LogP) is 2.04. The van der Waals surface area contributed by atoms with Gasteiger partial charge < -0.3 is 14.8 Å². The average Bonchev–Trinajstić information content (AvgIpc) is 3.25. The van der Waals surface area contributed by atoms with Gasteiger partial charge in [-0.15, -0.1) is 12.4 Å². The summed E-state index contributed by atoms with van der Waals surface area (Å²) in [6.07, 6.45) is 2.53. The number of halogens is 2. The Balaban J connectivity index is 0.00000243. The van der Waals surface area contributed by atoms with Crippen molar-refractivity contribution in [3.05, 3.63) is 24.0 Å². The second-order valence-electron chi connectivity index (χ2n) is 6.60. The first-order chi connectivity index (χ1) is 12.0. The molecule has 0 spiro atoms. The number of nitrogens with zero attached hydrogens (tertiary/aromatic N) is 1. The molecule has 1 aromatic rings. The second-order valence-corrected chi connectivity index (χ2v) is 8.49.